The highest BCUT2D eigenvalue weighted by atomic mass is 32.2. The van der Waals surface area contributed by atoms with Crippen LogP contribution in [0, 0.1) is 13.8 Å². The number of alkyl halides is 6. The second kappa shape index (κ2) is 12.3. The lowest BCUT2D eigenvalue weighted by molar-refractivity contribution is -0.687. The summed E-state index contributed by atoms with van der Waals surface area (Å²) in [5.41, 5.74) is 0.148. The smallest absolute Gasteiger partial charge is 0.485 e. The Morgan fingerprint density at radius 3 is 1.24 bits per heavy atom. The van der Waals surface area contributed by atoms with Crippen LogP contribution in [0.25, 0.3) is 22.5 Å². The zero-order chi connectivity index (χ0) is 31.7. The Balaban J connectivity index is 0.000000252. The summed E-state index contributed by atoms with van der Waals surface area (Å²) < 4.78 is 123. The molecule has 2 aliphatic heterocycles. The van der Waals surface area contributed by atoms with Gasteiger partial charge in [-0.3, -0.25) is 0 Å². The number of aryl methyl sites for hydroxylation is 6. The molecule has 0 bridgehead atoms. The van der Waals surface area contributed by atoms with Crippen molar-refractivity contribution < 1.29 is 61.4 Å². The van der Waals surface area contributed by atoms with Crippen LogP contribution >= 0.6 is 0 Å². The Hall–Kier alpha value is -3.08. The van der Waals surface area contributed by atoms with Gasteiger partial charge in [-0.25, -0.2) is 16.8 Å². The number of halogens is 6. The van der Waals surface area contributed by atoms with Gasteiger partial charge in [0.25, 0.3) is 0 Å². The monoisotopic (exact) mass is 640 g/mol. The third-order valence-electron chi connectivity index (χ3n) is 6.53. The molecule has 0 unspecified atom stereocenters. The molecule has 0 saturated carbocycles. The van der Waals surface area contributed by atoms with Gasteiger partial charge in [0.2, 0.25) is 11.4 Å². The summed E-state index contributed by atoms with van der Waals surface area (Å²) in [4.78, 5) is 0. The number of hydrogen-bond donors (Lipinski definition) is 0. The third-order valence-corrected chi connectivity index (χ3v) is 7.66. The summed E-state index contributed by atoms with van der Waals surface area (Å²) >= 11 is 0. The summed E-state index contributed by atoms with van der Waals surface area (Å²) in [7, 11) is -12.2. The van der Waals surface area contributed by atoms with Gasteiger partial charge >= 0.3 is 11.0 Å². The third kappa shape index (κ3) is 7.85. The first-order valence-corrected chi connectivity index (χ1v) is 15.2. The lowest BCUT2D eigenvalue weighted by Gasteiger charge is -2.14. The normalized spacial score (nSPS) is 14.7. The van der Waals surface area contributed by atoms with Crippen molar-refractivity contribution in [3.63, 3.8) is 0 Å². The largest absolute Gasteiger partial charge is 0.741 e. The van der Waals surface area contributed by atoms with E-state index in [9.17, 15) is 26.3 Å². The SMILES string of the molecule is Cc1cc[n+]2c(c1)-c1c(ccc3c1-c1cc(C)cc[n+]1CCC3)CCC2.O=S(=O)([O-])C(F)(F)F.O=S(=O)([O-])C(F)(F)F. The molecule has 42 heavy (non-hydrogen) atoms. The molecule has 230 valence electrons. The Bertz CT molecular complexity index is 1560. The maximum atomic E-state index is 10.7. The van der Waals surface area contributed by atoms with Crippen LogP contribution in [-0.4, -0.2) is 37.0 Å². The van der Waals surface area contributed by atoms with E-state index in [1.807, 2.05) is 0 Å². The first kappa shape index (κ1) is 33.4. The van der Waals surface area contributed by atoms with Gasteiger partial charge in [0, 0.05) is 37.1 Å². The number of benzene rings is 1. The van der Waals surface area contributed by atoms with Crippen LogP contribution in [0.3, 0.4) is 0 Å². The fraction of sp³-hybridized carbons (Fsp3) is 0.385. The van der Waals surface area contributed by atoms with Crippen molar-refractivity contribution in [3.8, 4) is 22.5 Å². The lowest BCUT2D eigenvalue weighted by Crippen LogP contribution is -2.36. The molecule has 2 aliphatic rings. The lowest BCUT2D eigenvalue weighted by atomic mass is 9.88. The Morgan fingerprint density at radius 1 is 0.643 bits per heavy atom. The van der Waals surface area contributed by atoms with Crippen LogP contribution in [-0.2, 0) is 46.2 Å². The molecule has 4 heterocycles. The molecule has 1 aromatic carbocycles. The number of pyridine rings is 2. The zero-order valence-electron chi connectivity index (χ0n) is 22.3. The average Bonchev–Trinajstić information content (AvgIpc) is 3.13. The summed E-state index contributed by atoms with van der Waals surface area (Å²) in [6.45, 7) is 6.62. The minimum Gasteiger partial charge on any atom is -0.741 e. The van der Waals surface area contributed by atoms with Gasteiger partial charge < -0.3 is 9.11 Å². The molecule has 0 aliphatic carbocycles. The molecule has 0 N–H and O–H groups in total. The molecule has 0 atom stereocenters. The van der Waals surface area contributed by atoms with Gasteiger partial charge in [-0.1, -0.05) is 12.1 Å². The van der Waals surface area contributed by atoms with Gasteiger partial charge in [0.05, 0.1) is 11.1 Å². The Kier molecular flexibility index (Phi) is 9.76. The molecule has 2 aromatic heterocycles. The van der Waals surface area contributed by atoms with E-state index in [1.165, 1.54) is 57.6 Å². The maximum Gasteiger partial charge on any atom is 0.485 e. The molecule has 0 amide bonds. The highest BCUT2D eigenvalue weighted by molar-refractivity contribution is 7.86. The number of nitrogens with zero attached hydrogens (tertiary/aromatic N) is 2. The molecule has 0 spiro atoms. The number of hydrogen-bond acceptors (Lipinski definition) is 6. The van der Waals surface area contributed by atoms with Crippen LogP contribution in [0.1, 0.15) is 35.1 Å². The van der Waals surface area contributed by atoms with Crippen LogP contribution in [0.15, 0.2) is 48.8 Å². The van der Waals surface area contributed by atoms with Gasteiger partial charge in [-0.15, -0.1) is 0 Å². The van der Waals surface area contributed by atoms with Gasteiger partial charge in [0.1, 0.15) is 13.1 Å². The summed E-state index contributed by atoms with van der Waals surface area (Å²) in [6.07, 6.45) is 9.30. The second-order valence-corrected chi connectivity index (χ2v) is 12.4. The van der Waals surface area contributed by atoms with Crippen LogP contribution in [0.5, 0.6) is 0 Å². The van der Waals surface area contributed by atoms with Crippen molar-refractivity contribution in [2.45, 2.75) is 63.6 Å². The van der Waals surface area contributed by atoms with Crippen LogP contribution < -0.4 is 9.13 Å². The summed E-state index contributed by atoms with van der Waals surface area (Å²) in [5, 5.41) is 0. The minimum atomic E-state index is -6.09. The molecule has 8 nitrogen and oxygen atoms in total. The van der Waals surface area contributed by atoms with E-state index in [0.29, 0.717) is 0 Å². The van der Waals surface area contributed by atoms with E-state index in [1.54, 1.807) is 0 Å². The number of rotatable bonds is 0. The van der Waals surface area contributed by atoms with Crippen LogP contribution in [0.2, 0.25) is 0 Å². The molecule has 0 saturated heterocycles. The molecule has 0 radical (unpaired) electrons. The van der Waals surface area contributed by atoms with E-state index in [-0.39, 0.29) is 0 Å². The first-order valence-electron chi connectivity index (χ1n) is 12.4. The van der Waals surface area contributed by atoms with Gasteiger partial charge in [-0.2, -0.15) is 35.5 Å². The number of aromatic nitrogens is 2. The minimum absolute atomic E-state index is 1.10. The number of fused-ring (bicyclic) bond motifs is 7. The average molecular weight is 641 g/mol. The maximum absolute atomic E-state index is 10.7. The fourth-order valence-electron chi connectivity index (χ4n) is 4.66. The van der Waals surface area contributed by atoms with Crippen LogP contribution in [0.4, 0.5) is 26.3 Å². The molecule has 3 aromatic rings. The van der Waals surface area contributed by atoms with E-state index in [4.69, 9.17) is 25.9 Å². The molecule has 5 rings (SSSR count). The van der Waals surface area contributed by atoms with Crippen molar-refractivity contribution in [2.24, 2.45) is 0 Å². The molecule has 16 heteroatoms. The quantitative estimate of drug-likeness (QED) is 0.157. The van der Waals surface area contributed by atoms with Crippen molar-refractivity contribution in [2.75, 3.05) is 0 Å². The van der Waals surface area contributed by atoms with E-state index in [2.05, 4.69) is 71.8 Å². The highest BCUT2D eigenvalue weighted by Crippen LogP contribution is 2.39. The Morgan fingerprint density at radius 2 is 0.952 bits per heavy atom. The van der Waals surface area contributed by atoms with Gasteiger partial charge in [0.15, 0.2) is 32.6 Å². The molecular weight excluding hydrogens is 614 g/mol. The van der Waals surface area contributed by atoms with E-state index in [0.717, 1.165) is 25.9 Å². The van der Waals surface area contributed by atoms with Crippen molar-refractivity contribution >= 4 is 20.2 Å². The summed E-state index contributed by atoms with van der Waals surface area (Å²) in [6, 6.07) is 14.0. The predicted octanol–water partition coefficient (Wildman–Crippen LogP) is 4.21. The first-order chi connectivity index (χ1) is 19.2. The fourth-order valence-corrected chi connectivity index (χ4v) is 4.66. The van der Waals surface area contributed by atoms with E-state index < -0.39 is 31.3 Å². The molecular formula is C26H26F6N2O6S2. The van der Waals surface area contributed by atoms with Crippen molar-refractivity contribution in [1.29, 1.82) is 0 Å². The zero-order valence-corrected chi connectivity index (χ0v) is 23.9. The van der Waals surface area contributed by atoms with E-state index >= 15 is 0 Å². The second-order valence-electron chi connectivity index (χ2n) is 9.71. The van der Waals surface area contributed by atoms with Crippen molar-refractivity contribution in [1.82, 2.24) is 0 Å². The standard InChI is InChI=1S/C24H26N2.2CHF3O3S/c1-17-9-13-25-11-3-5-19-7-8-20-6-4-12-26-14-10-18(2)16-22(26)24(20)23(19)21(25)15-17;2*2-1(3,4)8(5,6)7/h7-10,13-16H,3-6,11-12H2,1-2H3;2*(H,5,6,7)/q+2;;/p-2. The predicted molar refractivity (Wildman–Crippen MR) is 135 cm³/mol. The summed E-state index contributed by atoms with van der Waals surface area (Å²) in [5.74, 6) is 0. The topological polar surface area (TPSA) is 122 Å². The van der Waals surface area contributed by atoms with Gasteiger partial charge in [-0.05, 0) is 48.9 Å². The van der Waals surface area contributed by atoms with Crippen molar-refractivity contribution in [3.05, 3.63) is 71.0 Å². The highest BCUT2D eigenvalue weighted by Gasteiger charge is 2.37. The Labute approximate surface area is 238 Å². The molecule has 0 fully saturated rings.